The third-order valence-corrected chi connectivity index (χ3v) is 5.20. The Morgan fingerprint density at radius 3 is 2.42 bits per heavy atom. The summed E-state index contributed by atoms with van der Waals surface area (Å²) in [5.74, 6) is 0.0301. The number of benzene rings is 2. The van der Waals surface area contributed by atoms with E-state index in [0.29, 0.717) is 0 Å². The molecule has 3 aromatic rings. The van der Waals surface area contributed by atoms with E-state index in [4.69, 9.17) is 11.6 Å². The van der Waals surface area contributed by atoms with Crippen molar-refractivity contribution >= 4 is 34.8 Å². The quantitative estimate of drug-likeness (QED) is 0.570. The average molecular weight is 363 g/mol. The number of hydrogen-bond donors (Lipinski definition) is 0. The molecule has 4 heteroatoms. The predicted octanol–water partition coefficient (Wildman–Crippen LogP) is 5.26. The lowest BCUT2D eigenvalue weighted by Gasteiger charge is -2.10. The maximum absolute atomic E-state index is 12.7. The molecule has 2 aromatic carbocycles. The van der Waals surface area contributed by atoms with Crippen molar-refractivity contribution in [3.05, 3.63) is 82.1 Å². The molecular formula is C22H19ClN2O. The van der Waals surface area contributed by atoms with Crippen molar-refractivity contribution in [2.75, 3.05) is 11.9 Å². The number of hydrogen-bond acceptors (Lipinski definition) is 1. The van der Waals surface area contributed by atoms with Crippen LogP contribution in [0.3, 0.4) is 0 Å². The second kappa shape index (κ2) is 6.19. The molecule has 0 aliphatic carbocycles. The highest BCUT2D eigenvalue weighted by molar-refractivity contribution is 6.35. The Kier molecular flexibility index (Phi) is 3.97. The number of halogens is 1. The van der Waals surface area contributed by atoms with Crippen LogP contribution in [0.4, 0.5) is 5.69 Å². The Morgan fingerprint density at radius 2 is 1.69 bits per heavy atom. The van der Waals surface area contributed by atoms with Gasteiger partial charge >= 0.3 is 0 Å². The number of aromatic nitrogens is 1. The Labute approximate surface area is 158 Å². The number of fused-ring (bicyclic) bond motifs is 1. The molecule has 0 N–H and O–H groups in total. The van der Waals surface area contributed by atoms with Crippen LogP contribution >= 0.6 is 11.6 Å². The number of aryl methyl sites for hydroxylation is 1. The molecule has 1 amide bonds. The van der Waals surface area contributed by atoms with Gasteiger partial charge in [-0.05, 0) is 61.9 Å². The highest BCUT2D eigenvalue weighted by atomic mass is 35.5. The minimum absolute atomic E-state index is 0.0301. The van der Waals surface area contributed by atoms with Gasteiger partial charge in [-0.2, -0.15) is 0 Å². The molecule has 0 spiro atoms. The molecule has 0 atom stereocenters. The monoisotopic (exact) mass is 362 g/mol. The van der Waals surface area contributed by atoms with E-state index < -0.39 is 0 Å². The van der Waals surface area contributed by atoms with Crippen LogP contribution in [-0.4, -0.2) is 17.5 Å². The highest BCUT2D eigenvalue weighted by Crippen LogP contribution is 2.37. The minimum atomic E-state index is 0.0301. The summed E-state index contributed by atoms with van der Waals surface area (Å²) in [6.07, 6.45) is 2.00. The molecule has 130 valence electrons. The van der Waals surface area contributed by atoms with Crippen LogP contribution in [0.2, 0.25) is 5.02 Å². The summed E-state index contributed by atoms with van der Waals surface area (Å²) in [7, 11) is 1.82. The second-order valence-corrected chi connectivity index (χ2v) is 7.01. The van der Waals surface area contributed by atoms with Gasteiger partial charge < -0.3 is 9.47 Å². The second-order valence-electron chi connectivity index (χ2n) is 6.58. The molecule has 1 aromatic heterocycles. The fourth-order valence-corrected chi connectivity index (χ4v) is 3.74. The van der Waals surface area contributed by atoms with Gasteiger partial charge in [-0.25, -0.2) is 0 Å². The van der Waals surface area contributed by atoms with Gasteiger partial charge in [0, 0.05) is 40.3 Å². The van der Waals surface area contributed by atoms with Crippen LogP contribution in [-0.2, 0) is 4.79 Å². The lowest BCUT2D eigenvalue weighted by molar-refractivity contribution is -0.112. The first-order valence-corrected chi connectivity index (χ1v) is 8.89. The van der Waals surface area contributed by atoms with E-state index in [1.165, 1.54) is 0 Å². The van der Waals surface area contributed by atoms with E-state index in [9.17, 15) is 4.79 Å². The minimum Gasteiger partial charge on any atom is -0.318 e. The lowest BCUT2D eigenvalue weighted by atomic mass is 10.0. The van der Waals surface area contributed by atoms with Crippen molar-refractivity contribution in [3.8, 4) is 5.69 Å². The zero-order chi connectivity index (χ0) is 18.4. The first-order chi connectivity index (χ1) is 12.5. The molecule has 4 rings (SSSR count). The number of carbonyl (C=O) groups is 1. The van der Waals surface area contributed by atoms with Crippen LogP contribution in [0.25, 0.3) is 17.3 Å². The Balaban J connectivity index is 1.83. The fraction of sp³-hybridized carbons (Fsp3) is 0.136. The van der Waals surface area contributed by atoms with Crippen LogP contribution in [0, 0.1) is 13.8 Å². The largest absolute Gasteiger partial charge is 0.318 e. The number of carbonyl (C=O) groups excluding carboxylic acids is 1. The normalized spacial score (nSPS) is 15.0. The summed E-state index contributed by atoms with van der Waals surface area (Å²) in [6, 6.07) is 17.8. The molecule has 0 bridgehead atoms. The van der Waals surface area contributed by atoms with Crippen molar-refractivity contribution in [2.45, 2.75) is 13.8 Å². The van der Waals surface area contributed by atoms with Gasteiger partial charge in [-0.3, -0.25) is 4.79 Å². The lowest BCUT2D eigenvalue weighted by Crippen LogP contribution is -2.20. The van der Waals surface area contributed by atoms with E-state index in [0.717, 1.165) is 44.5 Å². The average Bonchev–Trinajstić information content (AvgIpc) is 3.05. The zero-order valence-corrected chi connectivity index (χ0v) is 15.7. The Hall–Kier alpha value is -2.78. The van der Waals surface area contributed by atoms with Gasteiger partial charge in [0.15, 0.2) is 0 Å². The Bertz CT molecular complexity index is 1040. The van der Waals surface area contributed by atoms with E-state index in [1.807, 2.05) is 61.7 Å². The van der Waals surface area contributed by atoms with Crippen molar-refractivity contribution in [1.29, 1.82) is 0 Å². The zero-order valence-electron chi connectivity index (χ0n) is 15.0. The number of likely N-dealkylation sites (N-methyl/N-ethyl adjacent to an activating group) is 1. The van der Waals surface area contributed by atoms with Gasteiger partial charge in [0.05, 0.1) is 5.69 Å². The van der Waals surface area contributed by atoms with Crippen LogP contribution in [0.5, 0.6) is 0 Å². The van der Waals surface area contributed by atoms with Crippen molar-refractivity contribution < 1.29 is 4.79 Å². The first kappa shape index (κ1) is 16.7. The number of rotatable bonds is 2. The van der Waals surface area contributed by atoms with Crippen molar-refractivity contribution in [3.63, 3.8) is 0 Å². The number of para-hydroxylation sites is 1. The molecule has 0 fully saturated rings. The summed E-state index contributed by atoms with van der Waals surface area (Å²) in [4.78, 5) is 14.4. The summed E-state index contributed by atoms with van der Waals surface area (Å²) in [6.45, 7) is 4.14. The summed E-state index contributed by atoms with van der Waals surface area (Å²) in [5, 5.41) is 0.717. The van der Waals surface area contributed by atoms with Crippen LogP contribution in [0.15, 0.2) is 54.6 Å². The van der Waals surface area contributed by atoms with E-state index in [1.54, 1.807) is 4.90 Å². The number of amides is 1. The maximum atomic E-state index is 12.7. The van der Waals surface area contributed by atoms with Crippen molar-refractivity contribution in [2.24, 2.45) is 0 Å². The molecule has 0 saturated carbocycles. The molecule has 1 aliphatic rings. The smallest absolute Gasteiger partial charge is 0.258 e. The molecule has 0 unspecified atom stereocenters. The predicted molar refractivity (Wildman–Crippen MR) is 108 cm³/mol. The van der Waals surface area contributed by atoms with E-state index >= 15 is 0 Å². The SMILES string of the molecule is Cc1cc(/C=C2/C(=O)N(C)c3ccccc32)c(C)n1-c1ccc(Cl)cc1. The number of nitrogens with zero attached hydrogens (tertiary/aromatic N) is 2. The first-order valence-electron chi connectivity index (χ1n) is 8.51. The fourth-order valence-electron chi connectivity index (χ4n) is 3.62. The topological polar surface area (TPSA) is 25.2 Å². The molecule has 1 aliphatic heterocycles. The van der Waals surface area contributed by atoms with Gasteiger partial charge in [0.1, 0.15) is 0 Å². The molecule has 3 nitrogen and oxygen atoms in total. The summed E-state index contributed by atoms with van der Waals surface area (Å²) >= 11 is 6.01. The summed E-state index contributed by atoms with van der Waals surface area (Å²) < 4.78 is 2.18. The van der Waals surface area contributed by atoms with Gasteiger partial charge in [-0.15, -0.1) is 0 Å². The standard InChI is InChI=1S/C22H19ClN2O/c1-14-12-16(15(2)25(14)18-10-8-17(23)9-11-18)13-20-19-6-4-5-7-21(19)24(3)22(20)26/h4-13H,1-3H3/b20-13+. The summed E-state index contributed by atoms with van der Waals surface area (Å²) in [5.41, 5.74) is 6.99. The van der Waals surface area contributed by atoms with Crippen LogP contribution < -0.4 is 4.90 Å². The van der Waals surface area contributed by atoms with Gasteiger partial charge in [0.25, 0.3) is 5.91 Å². The van der Waals surface area contributed by atoms with E-state index in [2.05, 4.69) is 24.5 Å². The van der Waals surface area contributed by atoms with Gasteiger partial charge in [0.2, 0.25) is 0 Å². The maximum Gasteiger partial charge on any atom is 0.258 e. The Morgan fingerprint density at radius 1 is 1.00 bits per heavy atom. The third-order valence-electron chi connectivity index (χ3n) is 4.95. The molecule has 2 heterocycles. The molecule has 0 radical (unpaired) electrons. The molecular weight excluding hydrogens is 344 g/mol. The third kappa shape index (κ3) is 2.56. The van der Waals surface area contributed by atoms with E-state index in [-0.39, 0.29) is 5.91 Å². The molecule has 26 heavy (non-hydrogen) atoms. The number of anilines is 1. The van der Waals surface area contributed by atoms with Crippen molar-refractivity contribution in [1.82, 2.24) is 4.57 Å². The van der Waals surface area contributed by atoms with Crippen LogP contribution in [0.1, 0.15) is 22.5 Å². The highest BCUT2D eigenvalue weighted by Gasteiger charge is 2.29. The molecule has 0 saturated heterocycles. The van der Waals surface area contributed by atoms with Gasteiger partial charge in [-0.1, -0.05) is 29.8 Å².